The zero-order chi connectivity index (χ0) is 15.9. The van der Waals surface area contributed by atoms with Gasteiger partial charge in [-0.1, -0.05) is 18.2 Å². The third-order valence-corrected chi connectivity index (χ3v) is 4.08. The van der Waals surface area contributed by atoms with E-state index < -0.39 is 0 Å². The van der Waals surface area contributed by atoms with Crippen LogP contribution < -0.4 is 15.5 Å². The van der Waals surface area contributed by atoms with Gasteiger partial charge in [0.25, 0.3) is 0 Å². The first-order valence-electron chi connectivity index (χ1n) is 8.25. The number of anilines is 3. The summed E-state index contributed by atoms with van der Waals surface area (Å²) in [5.74, 6) is 0.0300. The number of hydrogen-bond acceptors (Lipinski definition) is 3. The molecule has 0 spiro atoms. The number of hydrogen-bond donors (Lipinski definition) is 2. The Labute approximate surface area is 137 Å². The van der Waals surface area contributed by atoms with Gasteiger partial charge in [-0.15, -0.1) is 0 Å². The second kappa shape index (κ2) is 7.68. The molecule has 120 valence electrons. The minimum atomic E-state index is 0.0300. The summed E-state index contributed by atoms with van der Waals surface area (Å²) in [4.78, 5) is 14.4. The molecule has 3 rings (SSSR count). The molecule has 2 aromatic carbocycles. The lowest BCUT2D eigenvalue weighted by molar-refractivity contribution is -0.115. The molecule has 4 heteroatoms. The van der Waals surface area contributed by atoms with Gasteiger partial charge in [0.15, 0.2) is 0 Å². The first-order chi connectivity index (χ1) is 11.3. The van der Waals surface area contributed by atoms with E-state index in [1.54, 1.807) is 0 Å². The number of amides is 1. The second-order valence-corrected chi connectivity index (χ2v) is 5.83. The minimum absolute atomic E-state index is 0.0300. The van der Waals surface area contributed by atoms with Crippen LogP contribution in [0.3, 0.4) is 0 Å². The highest BCUT2D eigenvalue weighted by atomic mass is 16.1. The predicted octanol–water partition coefficient (Wildman–Crippen LogP) is 3.73. The normalized spacial score (nSPS) is 13.8. The summed E-state index contributed by atoms with van der Waals surface area (Å²) >= 11 is 0. The molecule has 0 saturated carbocycles. The topological polar surface area (TPSA) is 44.4 Å². The van der Waals surface area contributed by atoms with Crippen molar-refractivity contribution in [2.24, 2.45) is 0 Å². The first kappa shape index (κ1) is 15.4. The summed E-state index contributed by atoms with van der Waals surface area (Å²) in [5.41, 5.74) is 3.14. The van der Waals surface area contributed by atoms with E-state index in [0.29, 0.717) is 13.0 Å². The summed E-state index contributed by atoms with van der Waals surface area (Å²) in [6, 6.07) is 18.1. The Morgan fingerprint density at radius 3 is 2.30 bits per heavy atom. The van der Waals surface area contributed by atoms with E-state index in [1.165, 1.54) is 18.5 Å². The Morgan fingerprint density at radius 1 is 0.913 bits per heavy atom. The number of para-hydroxylation sites is 1. The van der Waals surface area contributed by atoms with Crippen LogP contribution in [0, 0.1) is 0 Å². The molecular weight excluding hydrogens is 286 g/mol. The van der Waals surface area contributed by atoms with Crippen LogP contribution in [0.15, 0.2) is 54.6 Å². The maximum absolute atomic E-state index is 12.0. The molecule has 1 aliphatic heterocycles. The summed E-state index contributed by atoms with van der Waals surface area (Å²) in [5, 5.41) is 6.19. The SMILES string of the molecule is O=C(CCNc1ccccc1)Nc1ccc(N2CCCC2)cc1. The molecule has 0 radical (unpaired) electrons. The van der Waals surface area contributed by atoms with E-state index in [0.717, 1.165) is 24.5 Å². The van der Waals surface area contributed by atoms with Crippen LogP contribution in [0.25, 0.3) is 0 Å². The van der Waals surface area contributed by atoms with Crippen LogP contribution in [0.5, 0.6) is 0 Å². The van der Waals surface area contributed by atoms with Crippen molar-refractivity contribution in [2.45, 2.75) is 19.3 Å². The van der Waals surface area contributed by atoms with Crippen molar-refractivity contribution < 1.29 is 4.79 Å². The van der Waals surface area contributed by atoms with Gasteiger partial charge in [-0.25, -0.2) is 0 Å². The monoisotopic (exact) mass is 309 g/mol. The molecule has 0 bridgehead atoms. The van der Waals surface area contributed by atoms with E-state index in [1.807, 2.05) is 42.5 Å². The Kier molecular flexibility index (Phi) is 5.14. The van der Waals surface area contributed by atoms with Crippen molar-refractivity contribution in [3.8, 4) is 0 Å². The van der Waals surface area contributed by atoms with Crippen LogP contribution in [0.1, 0.15) is 19.3 Å². The number of nitrogens with one attached hydrogen (secondary N) is 2. The molecule has 1 fully saturated rings. The van der Waals surface area contributed by atoms with Crippen molar-refractivity contribution >= 4 is 23.0 Å². The third-order valence-electron chi connectivity index (χ3n) is 4.08. The van der Waals surface area contributed by atoms with Crippen molar-refractivity contribution in [3.05, 3.63) is 54.6 Å². The smallest absolute Gasteiger partial charge is 0.226 e. The summed E-state index contributed by atoms with van der Waals surface area (Å²) < 4.78 is 0. The average Bonchev–Trinajstić information content (AvgIpc) is 3.11. The molecule has 1 heterocycles. The third kappa shape index (κ3) is 4.49. The highest BCUT2D eigenvalue weighted by Crippen LogP contribution is 2.22. The van der Waals surface area contributed by atoms with Crippen molar-refractivity contribution in [1.29, 1.82) is 0 Å². The second-order valence-electron chi connectivity index (χ2n) is 5.83. The lowest BCUT2D eigenvalue weighted by Crippen LogP contribution is -2.18. The first-order valence-corrected chi connectivity index (χ1v) is 8.25. The van der Waals surface area contributed by atoms with Gasteiger partial charge in [0.1, 0.15) is 0 Å². The summed E-state index contributed by atoms with van der Waals surface area (Å²) in [7, 11) is 0. The molecule has 4 nitrogen and oxygen atoms in total. The van der Waals surface area contributed by atoms with Gasteiger partial charge in [-0.05, 0) is 49.2 Å². The molecule has 23 heavy (non-hydrogen) atoms. The highest BCUT2D eigenvalue weighted by molar-refractivity contribution is 5.91. The molecule has 1 amide bonds. The molecule has 2 N–H and O–H groups in total. The average molecular weight is 309 g/mol. The van der Waals surface area contributed by atoms with E-state index >= 15 is 0 Å². The molecule has 0 atom stereocenters. The molecule has 0 aromatic heterocycles. The van der Waals surface area contributed by atoms with E-state index in [9.17, 15) is 4.79 Å². The molecule has 0 unspecified atom stereocenters. The largest absolute Gasteiger partial charge is 0.385 e. The van der Waals surface area contributed by atoms with Crippen LogP contribution in [0.2, 0.25) is 0 Å². The number of rotatable bonds is 6. The lowest BCUT2D eigenvalue weighted by atomic mass is 10.2. The minimum Gasteiger partial charge on any atom is -0.385 e. The Morgan fingerprint density at radius 2 is 1.61 bits per heavy atom. The van der Waals surface area contributed by atoms with Gasteiger partial charge in [0, 0.05) is 43.1 Å². The molecule has 2 aromatic rings. The van der Waals surface area contributed by atoms with Gasteiger partial charge in [-0.2, -0.15) is 0 Å². The van der Waals surface area contributed by atoms with E-state index in [4.69, 9.17) is 0 Å². The molecule has 0 aliphatic carbocycles. The maximum atomic E-state index is 12.0. The Bertz CT molecular complexity index is 619. The fourth-order valence-electron chi connectivity index (χ4n) is 2.83. The van der Waals surface area contributed by atoms with Gasteiger partial charge in [-0.3, -0.25) is 4.79 Å². The molecule has 1 aliphatic rings. The van der Waals surface area contributed by atoms with Crippen LogP contribution >= 0.6 is 0 Å². The summed E-state index contributed by atoms with van der Waals surface area (Å²) in [6.45, 7) is 2.90. The fraction of sp³-hybridized carbons (Fsp3) is 0.316. The number of benzene rings is 2. The Hall–Kier alpha value is -2.49. The molecule has 1 saturated heterocycles. The highest BCUT2D eigenvalue weighted by Gasteiger charge is 2.12. The number of carbonyl (C=O) groups is 1. The summed E-state index contributed by atoms with van der Waals surface area (Å²) in [6.07, 6.45) is 2.99. The van der Waals surface area contributed by atoms with Gasteiger partial charge < -0.3 is 15.5 Å². The van der Waals surface area contributed by atoms with Crippen LogP contribution in [0.4, 0.5) is 17.1 Å². The Balaban J connectivity index is 1.44. The van der Waals surface area contributed by atoms with Crippen LogP contribution in [-0.4, -0.2) is 25.5 Å². The predicted molar refractivity (Wildman–Crippen MR) is 96.1 cm³/mol. The number of carbonyl (C=O) groups excluding carboxylic acids is 1. The van der Waals surface area contributed by atoms with Crippen LogP contribution in [-0.2, 0) is 4.79 Å². The fourth-order valence-corrected chi connectivity index (χ4v) is 2.83. The zero-order valence-corrected chi connectivity index (χ0v) is 13.3. The van der Waals surface area contributed by atoms with Gasteiger partial charge >= 0.3 is 0 Å². The van der Waals surface area contributed by atoms with Crippen molar-refractivity contribution in [1.82, 2.24) is 0 Å². The maximum Gasteiger partial charge on any atom is 0.226 e. The standard InChI is InChI=1S/C19H23N3O/c23-19(12-13-20-16-6-2-1-3-7-16)21-17-8-10-18(11-9-17)22-14-4-5-15-22/h1-3,6-11,20H,4-5,12-15H2,(H,21,23). The lowest BCUT2D eigenvalue weighted by Gasteiger charge is -2.17. The van der Waals surface area contributed by atoms with Gasteiger partial charge in [0.2, 0.25) is 5.91 Å². The zero-order valence-electron chi connectivity index (χ0n) is 13.3. The van der Waals surface area contributed by atoms with Crippen molar-refractivity contribution in [3.63, 3.8) is 0 Å². The van der Waals surface area contributed by atoms with Gasteiger partial charge in [0.05, 0.1) is 0 Å². The van der Waals surface area contributed by atoms with E-state index in [2.05, 4.69) is 27.7 Å². The molecular formula is C19H23N3O. The van der Waals surface area contributed by atoms with Crippen molar-refractivity contribution in [2.75, 3.05) is 35.2 Å². The quantitative estimate of drug-likeness (QED) is 0.854. The number of nitrogens with zero attached hydrogens (tertiary/aromatic N) is 1. The van der Waals surface area contributed by atoms with E-state index in [-0.39, 0.29) is 5.91 Å².